The lowest BCUT2D eigenvalue weighted by Crippen LogP contribution is -2.45. The zero-order valence-electron chi connectivity index (χ0n) is 16.2. The molecule has 1 saturated heterocycles. The maximum Gasteiger partial charge on any atom is 0.265 e. The van der Waals surface area contributed by atoms with Crippen LogP contribution in [0.5, 0.6) is 0 Å². The molecule has 1 aliphatic rings. The van der Waals surface area contributed by atoms with Crippen LogP contribution in [0, 0.1) is 0 Å². The molecule has 0 atom stereocenters. The van der Waals surface area contributed by atoms with Crippen molar-refractivity contribution < 1.29 is 9.59 Å². The number of anilines is 2. The molecule has 0 aliphatic carbocycles. The second kappa shape index (κ2) is 9.28. The molecule has 6 nitrogen and oxygen atoms in total. The predicted octanol–water partition coefficient (Wildman–Crippen LogP) is 4.45. The van der Waals surface area contributed by atoms with E-state index < -0.39 is 0 Å². The fourth-order valence-corrected chi connectivity index (χ4v) is 4.20. The molecule has 2 amide bonds. The highest BCUT2D eigenvalue weighted by atomic mass is 35.5. The number of thiophene rings is 1. The van der Waals surface area contributed by atoms with Crippen LogP contribution in [0.2, 0.25) is 5.02 Å². The molecule has 8 heteroatoms. The summed E-state index contributed by atoms with van der Waals surface area (Å²) in [6.07, 6.45) is 3.48. The Morgan fingerprint density at radius 3 is 2.60 bits per heavy atom. The summed E-state index contributed by atoms with van der Waals surface area (Å²) in [6.45, 7) is 1.68. The van der Waals surface area contributed by atoms with Crippen LogP contribution in [-0.2, 0) is 0 Å². The molecule has 1 aromatic carbocycles. The minimum absolute atomic E-state index is 0.0947. The molecule has 154 valence electrons. The van der Waals surface area contributed by atoms with E-state index in [1.165, 1.54) is 11.3 Å². The van der Waals surface area contributed by atoms with Crippen LogP contribution in [0.1, 0.15) is 32.9 Å². The molecule has 30 heavy (non-hydrogen) atoms. The monoisotopic (exact) mass is 440 g/mol. The number of rotatable bonds is 5. The number of piperidine rings is 1. The van der Waals surface area contributed by atoms with Gasteiger partial charge in [-0.05, 0) is 54.6 Å². The number of carbonyl (C=O) groups is 2. The fourth-order valence-electron chi connectivity index (χ4n) is 3.42. The number of hydrogen-bond donors (Lipinski definition) is 2. The van der Waals surface area contributed by atoms with Gasteiger partial charge in [0.05, 0.1) is 15.6 Å². The van der Waals surface area contributed by atoms with Gasteiger partial charge in [0.2, 0.25) is 0 Å². The van der Waals surface area contributed by atoms with E-state index in [9.17, 15) is 9.59 Å². The van der Waals surface area contributed by atoms with Crippen LogP contribution in [0.3, 0.4) is 0 Å². The molecule has 0 saturated carbocycles. The maximum absolute atomic E-state index is 12.8. The van der Waals surface area contributed by atoms with E-state index in [1.54, 1.807) is 30.5 Å². The number of aromatic nitrogens is 1. The molecule has 3 aromatic rings. The standard InChI is InChI=1S/C22H21ClN4O2S/c23-17-7-6-15(14-18(17)26-22(29)19-4-3-13-30-19)21(28)25-16-8-11-27(12-9-16)20-5-1-2-10-24-20/h1-7,10,13-14,16H,8-9,11-12H2,(H,25,28)(H,26,29). The lowest BCUT2D eigenvalue weighted by Gasteiger charge is -2.33. The SMILES string of the molecule is O=C(NC1CCN(c2ccccn2)CC1)c1ccc(Cl)c(NC(=O)c2cccs2)c1. The summed E-state index contributed by atoms with van der Waals surface area (Å²) in [5.74, 6) is 0.548. The number of nitrogens with one attached hydrogen (secondary N) is 2. The quantitative estimate of drug-likeness (QED) is 0.614. The summed E-state index contributed by atoms with van der Waals surface area (Å²) < 4.78 is 0. The van der Waals surface area contributed by atoms with Crippen molar-refractivity contribution in [3.05, 3.63) is 75.6 Å². The Labute approximate surface area is 183 Å². The zero-order chi connectivity index (χ0) is 20.9. The minimum Gasteiger partial charge on any atom is -0.356 e. The molecule has 0 bridgehead atoms. The molecule has 3 heterocycles. The average Bonchev–Trinajstić information content (AvgIpc) is 3.31. The van der Waals surface area contributed by atoms with E-state index >= 15 is 0 Å². The second-order valence-corrected chi connectivity index (χ2v) is 8.40. The van der Waals surface area contributed by atoms with Gasteiger partial charge in [-0.15, -0.1) is 11.3 Å². The Hall–Kier alpha value is -2.90. The first-order chi connectivity index (χ1) is 14.6. The number of carbonyl (C=O) groups excluding carboxylic acids is 2. The summed E-state index contributed by atoms with van der Waals surface area (Å²) in [7, 11) is 0. The molecular weight excluding hydrogens is 420 g/mol. The Morgan fingerprint density at radius 1 is 1.07 bits per heavy atom. The Bertz CT molecular complexity index is 1020. The van der Waals surface area contributed by atoms with Crippen molar-refractivity contribution in [3.8, 4) is 0 Å². The fraction of sp³-hybridized carbons (Fsp3) is 0.227. The Morgan fingerprint density at radius 2 is 1.90 bits per heavy atom. The molecule has 1 aliphatic heterocycles. The lowest BCUT2D eigenvalue weighted by atomic mass is 10.0. The smallest absolute Gasteiger partial charge is 0.265 e. The maximum atomic E-state index is 12.8. The summed E-state index contributed by atoms with van der Waals surface area (Å²) in [5, 5.41) is 8.10. The highest BCUT2D eigenvalue weighted by Gasteiger charge is 2.22. The third kappa shape index (κ3) is 4.80. The summed E-state index contributed by atoms with van der Waals surface area (Å²) in [5.41, 5.74) is 0.890. The Kier molecular flexibility index (Phi) is 6.30. The minimum atomic E-state index is -0.244. The van der Waals surface area contributed by atoms with Crippen LogP contribution in [-0.4, -0.2) is 35.9 Å². The van der Waals surface area contributed by atoms with Crippen LogP contribution in [0.15, 0.2) is 60.1 Å². The second-order valence-electron chi connectivity index (χ2n) is 7.05. The van der Waals surface area contributed by atoms with Gasteiger partial charge in [0.15, 0.2) is 0 Å². The molecule has 4 rings (SSSR count). The van der Waals surface area contributed by atoms with E-state index in [-0.39, 0.29) is 17.9 Å². The van der Waals surface area contributed by atoms with Crippen LogP contribution < -0.4 is 15.5 Å². The van der Waals surface area contributed by atoms with E-state index in [1.807, 2.05) is 29.6 Å². The van der Waals surface area contributed by atoms with Gasteiger partial charge in [-0.25, -0.2) is 4.98 Å². The molecular formula is C22H21ClN4O2S. The first-order valence-electron chi connectivity index (χ1n) is 9.71. The summed E-state index contributed by atoms with van der Waals surface area (Å²) in [6, 6.07) is 14.4. The van der Waals surface area contributed by atoms with Crippen LogP contribution in [0.25, 0.3) is 0 Å². The van der Waals surface area contributed by atoms with Crippen molar-refractivity contribution in [1.29, 1.82) is 0 Å². The Balaban J connectivity index is 1.36. The van der Waals surface area contributed by atoms with Gasteiger partial charge in [0, 0.05) is 30.9 Å². The van der Waals surface area contributed by atoms with E-state index in [4.69, 9.17) is 11.6 Å². The van der Waals surface area contributed by atoms with E-state index in [0.717, 1.165) is 31.7 Å². The number of amides is 2. The number of benzene rings is 1. The average molecular weight is 441 g/mol. The molecule has 0 spiro atoms. The number of hydrogen-bond acceptors (Lipinski definition) is 5. The molecule has 0 unspecified atom stereocenters. The van der Waals surface area contributed by atoms with Gasteiger partial charge in [-0.3, -0.25) is 9.59 Å². The highest BCUT2D eigenvalue weighted by molar-refractivity contribution is 7.12. The van der Waals surface area contributed by atoms with Gasteiger partial charge in [-0.1, -0.05) is 23.7 Å². The largest absolute Gasteiger partial charge is 0.356 e. The highest BCUT2D eigenvalue weighted by Crippen LogP contribution is 2.25. The van der Waals surface area contributed by atoms with Gasteiger partial charge >= 0.3 is 0 Å². The molecule has 0 radical (unpaired) electrons. The molecule has 2 N–H and O–H groups in total. The summed E-state index contributed by atoms with van der Waals surface area (Å²) >= 11 is 7.56. The normalized spacial score (nSPS) is 14.4. The first kappa shape index (κ1) is 20.4. The molecule has 1 fully saturated rings. The topological polar surface area (TPSA) is 74.3 Å². The van der Waals surface area contributed by atoms with Crippen LogP contribution in [0.4, 0.5) is 11.5 Å². The van der Waals surface area contributed by atoms with Crippen molar-refractivity contribution in [1.82, 2.24) is 10.3 Å². The summed E-state index contributed by atoms with van der Waals surface area (Å²) in [4.78, 5) is 32.3. The van der Waals surface area contributed by atoms with Gasteiger partial charge in [0.25, 0.3) is 11.8 Å². The third-order valence-electron chi connectivity index (χ3n) is 5.03. The van der Waals surface area contributed by atoms with Crippen molar-refractivity contribution >= 4 is 46.3 Å². The number of pyridine rings is 1. The first-order valence-corrected chi connectivity index (χ1v) is 11.0. The van der Waals surface area contributed by atoms with Crippen LogP contribution >= 0.6 is 22.9 Å². The van der Waals surface area contributed by atoms with Crippen molar-refractivity contribution in [2.45, 2.75) is 18.9 Å². The lowest BCUT2D eigenvalue weighted by molar-refractivity contribution is 0.0930. The van der Waals surface area contributed by atoms with Gasteiger partial charge in [0.1, 0.15) is 5.82 Å². The third-order valence-corrected chi connectivity index (χ3v) is 6.22. The zero-order valence-corrected chi connectivity index (χ0v) is 17.7. The predicted molar refractivity (Wildman–Crippen MR) is 121 cm³/mol. The molecule has 2 aromatic heterocycles. The number of halogens is 1. The van der Waals surface area contributed by atoms with Gasteiger partial charge in [-0.2, -0.15) is 0 Å². The van der Waals surface area contributed by atoms with Crippen molar-refractivity contribution in [2.75, 3.05) is 23.3 Å². The van der Waals surface area contributed by atoms with Gasteiger partial charge < -0.3 is 15.5 Å². The van der Waals surface area contributed by atoms with Crippen molar-refractivity contribution in [2.24, 2.45) is 0 Å². The van der Waals surface area contributed by atoms with E-state index in [2.05, 4.69) is 20.5 Å². The van der Waals surface area contributed by atoms with Crippen molar-refractivity contribution in [3.63, 3.8) is 0 Å². The van der Waals surface area contributed by atoms with E-state index in [0.29, 0.717) is 21.2 Å². The number of nitrogens with zero attached hydrogens (tertiary/aromatic N) is 2.